The van der Waals surface area contributed by atoms with Crippen LogP contribution in [0.5, 0.6) is 0 Å². The predicted molar refractivity (Wildman–Crippen MR) is 161 cm³/mol. The molecule has 1 aromatic rings. The normalized spacial score (nSPS) is 25.2. The highest BCUT2D eigenvalue weighted by Crippen LogP contribution is 2.57. The first kappa shape index (κ1) is 31.1. The maximum atomic E-state index is 13.9. The van der Waals surface area contributed by atoms with Gasteiger partial charge in [-0.2, -0.15) is 0 Å². The lowest BCUT2D eigenvalue weighted by atomic mass is 9.66. The first-order chi connectivity index (χ1) is 19.4. The van der Waals surface area contributed by atoms with Crippen molar-refractivity contribution >= 4 is 29.1 Å². The molecule has 0 spiro atoms. The molecule has 2 heterocycles. The molecule has 2 amide bonds. The van der Waals surface area contributed by atoms with Gasteiger partial charge in [0.1, 0.15) is 12.1 Å². The zero-order valence-corrected chi connectivity index (χ0v) is 25.9. The van der Waals surface area contributed by atoms with Crippen LogP contribution in [0.3, 0.4) is 0 Å². The number of nitrogens with one attached hydrogen (secondary N) is 1. The summed E-state index contributed by atoms with van der Waals surface area (Å²) < 4.78 is 5.94. The van der Waals surface area contributed by atoms with E-state index in [1.807, 2.05) is 36.6 Å². The highest BCUT2D eigenvalue weighted by Gasteiger charge is 2.49. The molecule has 3 aliphatic rings. The number of carbonyl (C=O) groups is 3. The Labute approximate surface area is 247 Å². The fourth-order valence-corrected chi connectivity index (χ4v) is 7.29. The van der Waals surface area contributed by atoms with Crippen LogP contribution in [0.2, 0.25) is 0 Å². The molecule has 4 rings (SSSR count). The molecule has 1 saturated heterocycles. The molecular weight excluding hydrogens is 538 g/mol. The second-order valence-electron chi connectivity index (χ2n) is 13.1. The molecule has 0 bridgehead atoms. The van der Waals surface area contributed by atoms with Crippen LogP contribution in [0.15, 0.2) is 46.5 Å². The number of esters is 1. The van der Waals surface area contributed by atoms with Gasteiger partial charge in [-0.25, -0.2) is 4.79 Å². The van der Waals surface area contributed by atoms with E-state index in [4.69, 9.17) is 4.74 Å². The van der Waals surface area contributed by atoms with Gasteiger partial charge in [-0.1, -0.05) is 57.2 Å². The van der Waals surface area contributed by atoms with Crippen LogP contribution >= 0.6 is 11.3 Å². The second kappa shape index (κ2) is 13.0. The predicted octanol–water partition coefficient (Wildman–Crippen LogP) is 6.48. The van der Waals surface area contributed by atoms with E-state index in [0.717, 1.165) is 37.7 Å². The highest BCUT2D eigenvalue weighted by atomic mass is 32.1. The molecule has 2 fully saturated rings. The summed E-state index contributed by atoms with van der Waals surface area (Å²) in [5.41, 5.74) is 1.27. The van der Waals surface area contributed by atoms with Gasteiger partial charge in [0, 0.05) is 17.8 Å². The second-order valence-corrected chi connectivity index (χ2v) is 14.0. The third kappa shape index (κ3) is 6.99. The van der Waals surface area contributed by atoms with E-state index in [1.54, 1.807) is 6.07 Å². The largest absolute Gasteiger partial charge is 0.461 e. The molecule has 1 aliphatic heterocycles. The van der Waals surface area contributed by atoms with Crippen molar-refractivity contribution < 1.29 is 19.1 Å². The van der Waals surface area contributed by atoms with Gasteiger partial charge in [-0.05, 0) is 85.6 Å². The minimum Gasteiger partial charge on any atom is -0.461 e. The molecule has 8 nitrogen and oxygen atoms in total. The summed E-state index contributed by atoms with van der Waals surface area (Å²) in [4.78, 5) is 54.3. The first-order valence-corrected chi connectivity index (χ1v) is 15.9. The molecule has 1 N–H and O–H groups in total. The standard InChI is InChI=1S/C32H45N3O5S/c1-21(19-23-15-16-31(2,3)32(23,4)5)40-30(38)25-13-9-17-35(25)29(37)27(26-14-10-18-41-26)33-28(36)24(34-39)20-22-11-7-6-8-12-22/h7,10-12,14,18,21,23-25,27H,6,8-9,13,15-17,19-20H2,1-5H3,(H,33,36). The van der Waals surface area contributed by atoms with E-state index >= 15 is 0 Å². The van der Waals surface area contributed by atoms with Crippen molar-refractivity contribution in [1.82, 2.24) is 10.2 Å². The van der Waals surface area contributed by atoms with E-state index in [0.29, 0.717) is 30.2 Å². The molecule has 224 valence electrons. The molecule has 5 unspecified atom stereocenters. The molecular formula is C32H45N3O5S. The number of allylic oxidation sites excluding steroid dienone is 3. The van der Waals surface area contributed by atoms with Crippen molar-refractivity contribution in [3.8, 4) is 0 Å². The third-order valence-electron chi connectivity index (χ3n) is 9.92. The molecule has 1 aromatic heterocycles. The Morgan fingerprint density at radius 3 is 2.59 bits per heavy atom. The Hall–Kier alpha value is -2.81. The van der Waals surface area contributed by atoms with Gasteiger partial charge < -0.3 is 15.0 Å². The van der Waals surface area contributed by atoms with Gasteiger partial charge in [0.15, 0.2) is 6.04 Å². The summed E-state index contributed by atoms with van der Waals surface area (Å²) in [6.07, 6.45) is 11.9. The lowest BCUT2D eigenvalue weighted by Crippen LogP contribution is -2.49. The minimum absolute atomic E-state index is 0.146. The van der Waals surface area contributed by atoms with E-state index in [1.165, 1.54) is 16.2 Å². The van der Waals surface area contributed by atoms with Crippen molar-refractivity contribution in [3.63, 3.8) is 0 Å². The summed E-state index contributed by atoms with van der Waals surface area (Å²) in [5.74, 6) is -0.897. The number of amides is 2. The molecule has 5 atom stereocenters. The first-order valence-electron chi connectivity index (χ1n) is 15.0. The smallest absolute Gasteiger partial charge is 0.329 e. The lowest BCUT2D eigenvalue weighted by molar-refractivity contribution is -0.159. The zero-order chi connectivity index (χ0) is 29.8. The van der Waals surface area contributed by atoms with Crippen molar-refractivity contribution in [2.24, 2.45) is 21.9 Å². The fraction of sp³-hybridized carbons (Fsp3) is 0.656. The van der Waals surface area contributed by atoms with Crippen LogP contribution in [-0.2, 0) is 19.1 Å². The maximum Gasteiger partial charge on any atom is 0.329 e. The minimum atomic E-state index is -1.15. The van der Waals surface area contributed by atoms with Crippen LogP contribution in [-0.4, -0.2) is 47.4 Å². The van der Waals surface area contributed by atoms with Gasteiger partial charge in [-0.15, -0.1) is 16.2 Å². The van der Waals surface area contributed by atoms with E-state index in [2.05, 4.69) is 38.2 Å². The molecule has 0 aromatic carbocycles. The number of nitrogens with zero attached hydrogens (tertiary/aromatic N) is 2. The summed E-state index contributed by atoms with van der Waals surface area (Å²) in [6, 6.07) is 0.733. The number of hydrogen-bond donors (Lipinski definition) is 1. The molecule has 41 heavy (non-hydrogen) atoms. The Bertz CT molecular complexity index is 1170. The summed E-state index contributed by atoms with van der Waals surface area (Å²) in [5, 5.41) is 7.69. The maximum absolute atomic E-state index is 13.9. The average Bonchev–Trinajstić information content (AvgIpc) is 3.68. The van der Waals surface area contributed by atoms with E-state index in [-0.39, 0.29) is 29.3 Å². The number of carbonyl (C=O) groups excluding carboxylic acids is 3. The van der Waals surface area contributed by atoms with Gasteiger partial charge in [0.2, 0.25) is 5.91 Å². The summed E-state index contributed by atoms with van der Waals surface area (Å²) in [6.45, 7) is 11.6. The Kier molecular flexibility index (Phi) is 9.88. The van der Waals surface area contributed by atoms with Crippen molar-refractivity contribution in [2.75, 3.05) is 6.54 Å². The monoisotopic (exact) mass is 583 g/mol. The number of rotatable bonds is 11. The Morgan fingerprint density at radius 2 is 1.98 bits per heavy atom. The fourth-order valence-electron chi connectivity index (χ4n) is 6.52. The topological polar surface area (TPSA) is 105 Å². The third-order valence-corrected chi connectivity index (χ3v) is 10.9. The van der Waals surface area contributed by atoms with Crippen molar-refractivity contribution in [2.45, 2.75) is 110 Å². The number of ether oxygens (including phenoxy) is 1. The van der Waals surface area contributed by atoms with Gasteiger partial charge in [0.25, 0.3) is 5.91 Å². The number of hydrogen-bond acceptors (Lipinski definition) is 7. The van der Waals surface area contributed by atoms with E-state index in [9.17, 15) is 19.3 Å². The summed E-state index contributed by atoms with van der Waals surface area (Å²) >= 11 is 1.34. The number of thiophene rings is 1. The van der Waals surface area contributed by atoms with Crippen LogP contribution in [0.4, 0.5) is 0 Å². The van der Waals surface area contributed by atoms with Gasteiger partial charge in [0.05, 0.1) is 6.10 Å². The van der Waals surface area contributed by atoms with Crippen molar-refractivity contribution in [1.29, 1.82) is 0 Å². The zero-order valence-electron chi connectivity index (χ0n) is 25.1. The average molecular weight is 584 g/mol. The van der Waals surface area contributed by atoms with Crippen LogP contribution in [0.25, 0.3) is 0 Å². The Balaban J connectivity index is 1.42. The van der Waals surface area contributed by atoms with Gasteiger partial charge in [-0.3, -0.25) is 9.59 Å². The van der Waals surface area contributed by atoms with Crippen LogP contribution < -0.4 is 5.32 Å². The highest BCUT2D eigenvalue weighted by molar-refractivity contribution is 7.10. The molecule has 0 radical (unpaired) electrons. The Morgan fingerprint density at radius 1 is 1.20 bits per heavy atom. The SMILES string of the molecule is CC(CC1CCC(C)(C)C1(C)C)OC(=O)C1CCCN1C(=O)C(NC(=O)C(CC1=CCCC=C1)N=O)c1cccs1. The molecule has 2 aliphatic carbocycles. The van der Waals surface area contributed by atoms with E-state index < -0.39 is 30.0 Å². The van der Waals surface area contributed by atoms with Crippen LogP contribution in [0, 0.1) is 21.7 Å². The molecule has 9 heteroatoms. The quantitative estimate of drug-likeness (QED) is 0.237. The number of nitroso groups, excluding NO2 is 1. The van der Waals surface area contributed by atoms with Crippen molar-refractivity contribution in [3.05, 3.63) is 51.1 Å². The number of likely N-dealkylation sites (tertiary alicyclic amines) is 1. The van der Waals surface area contributed by atoms with Gasteiger partial charge >= 0.3 is 5.97 Å². The molecule has 1 saturated carbocycles. The summed E-state index contributed by atoms with van der Waals surface area (Å²) in [7, 11) is 0. The lowest BCUT2D eigenvalue weighted by Gasteiger charge is -2.40. The van der Waals surface area contributed by atoms with Crippen LogP contribution in [0.1, 0.15) is 96.9 Å².